The molecule has 18 nitrogen and oxygen atoms in total. The predicted octanol–water partition coefficient (Wildman–Crippen LogP) is 8.83. The van der Waals surface area contributed by atoms with Gasteiger partial charge >= 0.3 is 24.1 Å². The van der Waals surface area contributed by atoms with E-state index < -0.39 is 54.6 Å². The summed E-state index contributed by atoms with van der Waals surface area (Å²) in [7, 11) is -7.58. The Balaban J connectivity index is 0.000000301. The second-order valence-electron chi connectivity index (χ2n) is 18.6. The standard InChI is InChI=1S/2C30H33ClN2O7S/c2*1-3-5-20-39-26-11-13-27(14-12-26)41(36,37)23-30(28(34)38-4-2)15-18-33(19-16-30)17-6-7-21-40-29(35)32-25-10-8-9-24(31)22-25/h2*8-14,22H,4,15-21,23H2,1-2H3,(H,32,35). The van der Waals surface area contributed by atoms with Gasteiger partial charge in [-0.25, -0.2) is 26.4 Å². The highest BCUT2D eigenvalue weighted by Crippen LogP contribution is 2.38. The van der Waals surface area contributed by atoms with Crippen LogP contribution in [0.5, 0.6) is 11.5 Å². The number of nitrogens with one attached hydrogen (secondary N) is 2. The zero-order valence-corrected chi connectivity index (χ0v) is 49.3. The topological polar surface area (TPSA) is 222 Å². The number of nitrogens with zero attached hydrogens (tertiary/aromatic N) is 2. The van der Waals surface area contributed by atoms with Gasteiger partial charge in [-0.1, -0.05) is 70.9 Å². The van der Waals surface area contributed by atoms with Crippen molar-refractivity contribution >= 4 is 78.4 Å². The molecule has 0 spiro atoms. The summed E-state index contributed by atoms with van der Waals surface area (Å²) in [5, 5.41) is 6.12. The molecule has 0 bridgehead atoms. The number of anilines is 2. The summed E-state index contributed by atoms with van der Waals surface area (Å²) >= 11 is 11.8. The van der Waals surface area contributed by atoms with E-state index in [1.165, 1.54) is 24.3 Å². The van der Waals surface area contributed by atoms with E-state index in [4.69, 9.17) is 51.6 Å². The van der Waals surface area contributed by atoms with Crippen LogP contribution in [0.1, 0.15) is 53.4 Å². The summed E-state index contributed by atoms with van der Waals surface area (Å²) in [5.74, 6) is 21.8. The van der Waals surface area contributed by atoms with Crippen LogP contribution in [0.2, 0.25) is 10.0 Å². The number of benzene rings is 4. The second kappa shape index (κ2) is 32.9. The van der Waals surface area contributed by atoms with Gasteiger partial charge in [-0.05, 0) is 138 Å². The Morgan fingerprint density at radius 1 is 0.512 bits per heavy atom. The number of ether oxygens (including phenoxy) is 6. The van der Waals surface area contributed by atoms with Crippen LogP contribution in [0, 0.1) is 58.2 Å². The lowest BCUT2D eigenvalue weighted by molar-refractivity contribution is -0.157. The van der Waals surface area contributed by atoms with Gasteiger partial charge in [-0.3, -0.25) is 30.0 Å². The van der Waals surface area contributed by atoms with Crippen molar-refractivity contribution in [3.8, 4) is 58.9 Å². The van der Waals surface area contributed by atoms with Crippen molar-refractivity contribution in [2.45, 2.75) is 63.2 Å². The molecule has 2 saturated heterocycles. The van der Waals surface area contributed by atoms with Crippen LogP contribution >= 0.6 is 23.2 Å². The Hall–Kier alpha value is -7.40. The number of amides is 2. The third-order valence-electron chi connectivity index (χ3n) is 12.9. The highest BCUT2D eigenvalue weighted by molar-refractivity contribution is 7.91. The number of hydrogen-bond acceptors (Lipinski definition) is 16. The quantitative estimate of drug-likeness (QED) is 0.0479. The number of sulfone groups is 2. The molecular formula is C60H66Cl2N4O14S2. The van der Waals surface area contributed by atoms with Gasteiger partial charge in [-0.15, -0.1) is 11.8 Å². The van der Waals surface area contributed by atoms with Crippen LogP contribution in [-0.2, 0) is 48.2 Å². The molecule has 0 unspecified atom stereocenters. The molecule has 0 aromatic heterocycles. The third-order valence-corrected chi connectivity index (χ3v) is 17.2. The van der Waals surface area contributed by atoms with Gasteiger partial charge in [0.15, 0.2) is 32.9 Å². The van der Waals surface area contributed by atoms with E-state index in [2.05, 4.69) is 58.0 Å². The summed E-state index contributed by atoms with van der Waals surface area (Å²) in [6, 6.07) is 25.6. The molecule has 0 saturated carbocycles. The van der Waals surface area contributed by atoms with Crippen LogP contribution < -0.4 is 20.1 Å². The average Bonchev–Trinajstić information content (AvgIpc) is 3.46. The van der Waals surface area contributed by atoms with Gasteiger partial charge in [-0.2, -0.15) is 0 Å². The maximum absolute atomic E-state index is 13.3. The van der Waals surface area contributed by atoms with Crippen molar-refractivity contribution in [3.63, 3.8) is 0 Å². The number of piperidine rings is 2. The molecule has 2 heterocycles. The number of rotatable bonds is 20. The zero-order valence-electron chi connectivity index (χ0n) is 46.1. The fraction of sp³-hybridized carbons (Fsp3) is 0.400. The van der Waals surface area contributed by atoms with E-state index in [0.717, 1.165) is 0 Å². The average molecular weight is 1200 g/mol. The lowest BCUT2D eigenvalue weighted by atomic mass is 9.80. The van der Waals surface area contributed by atoms with Crippen molar-refractivity contribution in [2.24, 2.45) is 10.8 Å². The number of hydrogen-bond donors (Lipinski definition) is 2. The van der Waals surface area contributed by atoms with Gasteiger partial charge in [0, 0.05) is 47.6 Å². The smallest absolute Gasteiger partial charge is 0.412 e. The first-order valence-electron chi connectivity index (χ1n) is 26.1. The van der Waals surface area contributed by atoms with Crippen LogP contribution in [0.15, 0.2) is 107 Å². The van der Waals surface area contributed by atoms with E-state index >= 15 is 0 Å². The largest absolute Gasteiger partial charge is 0.481 e. The van der Waals surface area contributed by atoms with Crippen LogP contribution in [0.25, 0.3) is 0 Å². The minimum Gasteiger partial charge on any atom is -0.481 e. The molecule has 2 N–H and O–H groups in total. The Bertz CT molecular complexity index is 3080. The number of likely N-dealkylation sites (tertiary alicyclic amines) is 2. The monoisotopic (exact) mass is 1200 g/mol. The molecule has 2 amide bonds. The summed E-state index contributed by atoms with van der Waals surface area (Å²) < 4.78 is 85.0. The zero-order chi connectivity index (χ0) is 59.4. The van der Waals surface area contributed by atoms with E-state index in [0.29, 0.717) is 97.9 Å². The van der Waals surface area contributed by atoms with Crippen LogP contribution in [-0.4, -0.2) is 141 Å². The molecule has 0 aliphatic carbocycles. The molecular weight excluding hydrogens is 1140 g/mol. The second-order valence-corrected chi connectivity index (χ2v) is 23.4. The lowest BCUT2D eigenvalue weighted by Crippen LogP contribution is -2.48. The Morgan fingerprint density at radius 2 is 0.878 bits per heavy atom. The molecule has 6 rings (SSSR count). The van der Waals surface area contributed by atoms with Gasteiger partial charge in [0.25, 0.3) is 0 Å². The van der Waals surface area contributed by atoms with E-state index in [-0.39, 0.29) is 60.9 Å². The number of carbonyl (C=O) groups is 4. The van der Waals surface area contributed by atoms with Crippen LogP contribution in [0.3, 0.4) is 0 Å². The predicted molar refractivity (Wildman–Crippen MR) is 313 cm³/mol. The SMILES string of the molecule is CC#CCOc1ccc(S(=O)(=O)CC2(C(=O)OCC)CCN(CC#CCOC(=O)Nc3cccc(Cl)c3)CC2)cc1.CC#CCOc1ccc(S(=O)(=O)CC2(C(=O)OCC)CCN(CC#CCOC(=O)Nc3cccc(Cl)c3)CC2)cc1. The summed E-state index contributed by atoms with van der Waals surface area (Å²) in [6.45, 7) is 9.98. The minimum atomic E-state index is -3.79. The highest BCUT2D eigenvalue weighted by Gasteiger charge is 2.47. The summed E-state index contributed by atoms with van der Waals surface area (Å²) in [6.07, 6.45) is -0.0600. The third kappa shape index (κ3) is 21.2. The van der Waals surface area contributed by atoms with E-state index in [1.54, 1.807) is 100 Å². The van der Waals surface area contributed by atoms with Crippen LogP contribution in [0.4, 0.5) is 21.0 Å². The molecule has 4 aromatic carbocycles. The first-order valence-corrected chi connectivity index (χ1v) is 30.2. The molecule has 436 valence electrons. The first kappa shape index (κ1) is 65.4. The van der Waals surface area contributed by atoms with Crippen molar-refractivity contribution < 1.29 is 64.4 Å². The van der Waals surface area contributed by atoms with E-state index in [1.807, 2.05) is 9.80 Å². The minimum absolute atomic E-state index is 0.0961. The van der Waals surface area contributed by atoms with Crippen molar-refractivity contribution in [1.29, 1.82) is 0 Å². The molecule has 22 heteroatoms. The molecule has 0 radical (unpaired) electrons. The Morgan fingerprint density at radius 3 is 1.21 bits per heavy atom. The fourth-order valence-electron chi connectivity index (χ4n) is 8.51. The normalized spacial score (nSPS) is 14.4. The van der Waals surface area contributed by atoms with Gasteiger partial charge in [0.05, 0.1) is 58.4 Å². The van der Waals surface area contributed by atoms with Crippen molar-refractivity contribution in [1.82, 2.24) is 9.80 Å². The van der Waals surface area contributed by atoms with Gasteiger partial charge < -0.3 is 28.4 Å². The summed E-state index contributed by atoms with van der Waals surface area (Å²) in [5.41, 5.74) is -1.29. The first-order chi connectivity index (χ1) is 39.3. The molecule has 82 heavy (non-hydrogen) atoms. The fourth-order valence-corrected chi connectivity index (χ4v) is 12.6. The lowest BCUT2D eigenvalue weighted by Gasteiger charge is -2.39. The summed E-state index contributed by atoms with van der Waals surface area (Å²) in [4.78, 5) is 54.1. The number of carbonyl (C=O) groups excluding carboxylic acids is 4. The van der Waals surface area contributed by atoms with E-state index in [9.17, 15) is 36.0 Å². The van der Waals surface area contributed by atoms with Crippen molar-refractivity contribution in [2.75, 3.05) is 101 Å². The van der Waals surface area contributed by atoms with Gasteiger partial charge in [0.1, 0.15) is 24.7 Å². The van der Waals surface area contributed by atoms with Gasteiger partial charge in [0.2, 0.25) is 0 Å². The Kier molecular flexibility index (Phi) is 26.2. The Labute approximate surface area is 491 Å². The maximum Gasteiger partial charge on any atom is 0.412 e. The highest BCUT2D eigenvalue weighted by atomic mass is 35.5. The molecule has 0 atom stereocenters. The molecule has 2 aliphatic rings. The molecule has 2 fully saturated rings. The van der Waals surface area contributed by atoms with Crippen molar-refractivity contribution in [3.05, 3.63) is 107 Å². The molecule has 2 aliphatic heterocycles. The number of halogens is 2. The molecule has 4 aromatic rings. The number of esters is 2. The maximum atomic E-state index is 13.3.